The van der Waals surface area contributed by atoms with Crippen LogP contribution in [-0.2, 0) is 4.79 Å². The number of nitrogens with one attached hydrogen (secondary N) is 1. The van der Waals surface area contributed by atoms with E-state index in [0.29, 0.717) is 11.4 Å². The molecule has 1 aromatic heterocycles. The lowest BCUT2D eigenvalue weighted by atomic mass is 10.3. The molecule has 0 radical (unpaired) electrons. The molecular weight excluding hydrogens is 178 g/mol. The zero-order valence-electron chi connectivity index (χ0n) is 6.57. The number of nitrogen functional groups attached to an aromatic ring is 1. The van der Waals surface area contributed by atoms with E-state index in [1.165, 1.54) is 13.1 Å². The van der Waals surface area contributed by atoms with E-state index in [4.69, 9.17) is 5.73 Å². The predicted molar refractivity (Wildman–Crippen MR) is 50.2 cm³/mol. The smallest absolute Gasteiger partial charge is 0.221 e. The van der Waals surface area contributed by atoms with Crippen molar-refractivity contribution in [3.05, 3.63) is 18.5 Å². The zero-order valence-corrected chi connectivity index (χ0v) is 7.39. The molecule has 1 aromatic rings. The molecular formula is C7H10ClN3O. The van der Waals surface area contributed by atoms with Crippen LogP contribution in [0.15, 0.2) is 18.5 Å². The van der Waals surface area contributed by atoms with Gasteiger partial charge in [-0.25, -0.2) is 0 Å². The fraction of sp³-hybridized carbons (Fsp3) is 0.143. The number of anilines is 2. The first-order valence-electron chi connectivity index (χ1n) is 3.17. The summed E-state index contributed by atoms with van der Waals surface area (Å²) < 4.78 is 0. The van der Waals surface area contributed by atoms with Crippen molar-refractivity contribution >= 4 is 29.7 Å². The SMILES string of the molecule is CC(=O)Nc1cnccc1N.Cl. The van der Waals surface area contributed by atoms with Crippen LogP contribution in [0.4, 0.5) is 11.4 Å². The molecule has 5 heteroatoms. The van der Waals surface area contributed by atoms with Crippen molar-refractivity contribution in [3.63, 3.8) is 0 Å². The van der Waals surface area contributed by atoms with Crippen LogP contribution < -0.4 is 11.1 Å². The normalized spacial score (nSPS) is 8.42. The number of halogens is 1. The van der Waals surface area contributed by atoms with Gasteiger partial charge in [0.2, 0.25) is 5.91 Å². The molecule has 66 valence electrons. The molecule has 1 heterocycles. The Labute approximate surface area is 76.6 Å². The van der Waals surface area contributed by atoms with Crippen LogP contribution in [0.1, 0.15) is 6.92 Å². The van der Waals surface area contributed by atoms with Gasteiger partial charge in [-0.1, -0.05) is 0 Å². The van der Waals surface area contributed by atoms with Gasteiger partial charge in [-0.2, -0.15) is 0 Å². The molecule has 1 amide bonds. The van der Waals surface area contributed by atoms with E-state index in [0.717, 1.165) is 0 Å². The Morgan fingerprint density at radius 1 is 1.67 bits per heavy atom. The van der Waals surface area contributed by atoms with Crippen LogP contribution in [0.25, 0.3) is 0 Å². The summed E-state index contributed by atoms with van der Waals surface area (Å²) >= 11 is 0. The number of nitrogens with two attached hydrogens (primary N) is 1. The maximum Gasteiger partial charge on any atom is 0.221 e. The molecule has 0 saturated heterocycles. The molecule has 0 aliphatic heterocycles. The molecule has 0 bridgehead atoms. The van der Waals surface area contributed by atoms with Gasteiger partial charge < -0.3 is 11.1 Å². The Kier molecular flexibility index (Phi) is 4.07. The van der Waals surface area contributed by atoms with E-state index in [-0.39, 0.29) is 18.3 Å². The number of carbonyl (C=O) groups is 1. The van der Waals surface area contributed by atoms with Crippen molar-refractivity contribution in [1.82, 2.24) is 4.98 Å². The fourth-order valence-electron chi connectivity index (χ4n) is 0.699. The molecule has 3 N–H and O–H groups in total. The lowest BCUT2D eigenvalue weighted by Crippen LogP contribution is -2.07. The summed E-state index contributed by atoms with van der Waals surface area (Å²) in [6.45, 7) is 1.42. The van der Waals surface area contributed by atoms with Crippen LogP contribution in [0.5, 0.6) is 0 Å². The average molecular weight is 188 g/mol. The van der Waals surface area contributed by atoms with Crippen LogP contribution in [0, 0.1) is 0 Å². The highest BCUT2D eigenvalue weighted by Gasteiger charge is 1.98. The lowest BCUT2D eigenvalue weighted by molar-refractivity contribution is -0.114. The number of carbonyl (C=O) groups excluding carboxylic acids is 1. The molecule has 4 nitrogen and oxygen atoms in total. The molecule has 0 aromatic carbocycles. The first kappa shape index (κ1) is 10.7. The Hall–Kier alpha value is -1.29. The molecule has 0 aliphatic carbocycles. The second-order valence-electron chi connectivity index (χ2n) is 2.14. The Balaban J connectivity index is 0.00000121. The number of amides is 1. The summed E-state index contributed by atoms with van der Waals surface area (Å²) in [7, 11) is 0. The number of rotatable bonds is 1. The van der Waals surface area contributed by atoms with Gasteiger partial charge in [0.15, 0.2) is 0 Å². The minimum absolute atomic E-state index is 0. The van der Waals surface area contributed by atoms with Gasteiger partial charge in [0.25, 0.3) is 0 Å². The average Bonchev–Trinajstić information content (AvgIpc) is 1.93. The predicted octanol–water partition coefficient (Wildman–Crippen LogP) is 1.04. The van der Waals surface area contributed by atoms with Crippen molar-refractivity contribution in [2.45, 2.75) is 6.92 Å². The number of nitrogens with zero attached hydrogens (tertiary/aromatic N) is 1. The summed E-state index contributed by atoms with van der Waals surface area (Å²) in [4.78, 5) is 14.4. The Morgan fingerprint density at radius 3 is 2.83 bits per heavy atom. The monoisotopic (exact) mass is 187 g/mol. The van der Waals surface area contributed by atoms with Crippen LogP contribution in [-0.4, -0.2) is 10.9 Å². The highest BCUT2D eigenvalue weighted by Crippen LogP contribution is 2.14. The van der Waals surface area contributed by atoms with E-state index in [1.54, 1.807) is 12.3 Å². The first-order chi connectivity index (χ1) is 5.20. The molecule has 0 saturated carbocycles. The van der Waals surface area contributed by atoms with Crippen LogP contribution in [0.3, 0.4) is 0 Å². The van der Waals surface area contributed by atoms with Crippen molar-refractivity contribution in [1.29, 1.82) is 0 Å². The second-order valence-corrected chi connectivity index (χ2v) is 2.14. The summed E-state index contributed by atoms with van der Waals surface area (Å²) in [5.74, 6) is -0.148. The van der Waals surface area contributed by atoms with Crippen molar-refractivity contribution in [2.24, 2.45) is 0 Å². The van der Waals surface area contributed by atoms with Gasteiger partial charge in [-0.15, -0.1) is 12.4 Å². The summed E-state index contributed by atoms with van der Waals surface area (Å²) in [5, 5.41) is 2.55. The van der Waals surface area contributed by atoms with E-state index in [2.05, 4.69) is 10.3 Å². The van der Waals surface area contributed by atoms with Gasteiger partial charge in [0, 0.05) is 13.1 Å². The number of aromatic nitrogens is 1. The van der Waals surface area contributed by atoms with Crippen molar-refractivity contribution in [3.8, 4) is 0 Å². The molecule has 0 atom stereocenters. The van der Waals surface area contributed by atoms with E-state index < -0.39 is 0 Å². The molecule has 0 fully saturated rings. The third-order valence-corrected chi connectivity index (χ3v) is 1.17. The van der Waals surface area contributed by atoms with Crippen molar-refractivity contribution in [2.75, 3.05) is 11.1 Å². The van der Waals surface area contributed by atoms with E-state index in [1.807, 2.05) is 0 Å². The van der Waals surface area contributed by atoms with Crippen LogP contribution >= 0.6 is 12.4 Å². The summed E-state index contributed by atoms with van der Waals surface area (Å²) in [5.41, 5.74) is 6.59. The Bertz CT molecular complexity index is 277. The van der Waals surface area contributed by atoms with Crippen LogP contribution in [0.2, 0.25) is 0 Å². The first-order valence-corrected chi connectivity index (χ1v) is 3.17. The lowest BCUT2D eigenvalue weighted by Gasteiger charge is -2.02. The van der Waals surface area contributed by atoms with E-state index >= 15 is 0 Å². The van der Waals surface area contributed by atoms with Gasteiger partial charge in [-0.3, -0.25) is 9.78 Å². The molecule has 0 spiro atoms. The highest BCUT2D eigenvalue weighted by atomic mass is 35.5. The Morgan fingerprint density at radius 2 is 2.33 bits per heavy atom. The van der Waals surface area contributed by atoms with Crippen molar-refractivity contribution < 1.29 is 4.79 Å². The molecule has 1 rings (SSSR count). The summed E-state index contributed by atoms with van der Waals surface area (Å²) in [6.07, 6.45) is 3.08. The number of pyridine rings is 1. The summed E-state index contributed by atoms with van der Waals surface area (Å²) in [6, 6.07) is 1.63. The minimum Gasteiger partial charge on any atom is -0.397 e. The molecule has 12 heavy (non-hydrogen) atoms. The maximum atomic E-state index is 10.6. The minimum atomic E-state index is -0.148. The quantitative estimate of drug-likeness (QED) is 0.691. The third-order valence-electron chi connectivity index (χ3n) is 1.17. The van der Waals surface area contributed by atoms with Gasteiger partial charge >= 0.3 is 0 Å². The molecule has 0 unspecified atom stereocenters. The number of hydrogen-bond donors (Lipinski definition) is 2. The maximum absolute atomic E-state index is 10.6. The second kappa shape index (κ2) is 4.56. The highest BCUT2D eigenvalue weighted by molar-refractivity contribution is 5.91. The fourth-order valence-corrected chi connectivity index (χ4v) is 0.699. The third kappa shape index (κ3) is 2.75. The van der Waals surface area contributed by atoms with Gasteiger partial charge in [0.05, 0.1) is 17.6 Å². The molecule has 0 aliphatic rings. The van der Waals surface area contributed by atoms with Gasteiger partial charge in [0.1, 0.15) is 0 Å². The number of hydrogen-bond acceptors (Lipinski definition) is 3. The standard InChI is InChI=1S/C7H9N3O.ClH/c1-5(11)10-7-4-9-3-2-6(7)8;/h2-4H,1H3,(H2,8,9)(H,10,11);1H. The zero-order chi connectivity index (χ0) is 8.27. The van der Waals surface area contributed by atoms with Gasteiger partial charge in [-0.05, 0) is 6.07 Å². The van der Waals surface area contributed by atoms with E-state index in [9.17, 15) is 4.79 Å². The topological polar surface area (TPSA) is 68.0 Å². The largest absolute Gasteiger partial charge is 0.397 e.